The van der Waals surface area contributed by atoms with Crippen molar-refractivity contribution in [3.05, 3.63) is 124 Å². The Kier molecular flexibility index (Phi) is 9.08. The van der Waals surface area contributed by atoms with Crippen LogP contribution in [0, 0.1) is 6.92 Å². The van der Waals surface area contributed by atoms with E-state index < -0.39 is 17.8 Å². The van der Waals surface area contributed by atoms with E-state index in [1.807, 2.05) is 56.3 Å². The molecule has 43 heavy (non-hydrogen) atoms. The number of carbonyl (C=O) groups is 3. The van der Waals surface area contributed by atoms with Gasteiger partial charge in [-0.25, -0.2) is 9.69 Å². The van der Waals surface area contributed by atoms with Crippen molar-refractivity contribution in [1.82, 2.24) is 5.32 Å². The Hall–Kier alpha value is -5.08. The summed E-state index contributed by atoms with van der Waals surface area (Å²) >= 11 is 6.07. The maximum atomic E-state index is 13.4. The number of barbiturate groups is 1. The fourth-order valence-electron chi connectivity index (χ4n) is 4.39. The van der Waals surface area contributed by atoms with E-state index in [0.29, 0.717) is 46.7 Å². The maximum Gasteiger partial charge on any atom is 0.335 e. The first-order valence-corrected chi connectivity index (χ1v) is 14.0. The zero-order valence-electron chi connectivity index (χ0n) is 23.6. The van der Waals surface area contributed by atoms with E-state index in [4.69, 9.17) is 25.8 Å². The minimum absolute atomic E-state index is 0.200. The van der Waals surface area contributed by atoms with Crippen LogP contribution in [-0.4, -0.2) is 24.5 Å². The van der Waals surface area contributed by atoms with Gasteiger partial charge in [0.2, 0.25) is 0 Å². The summed E-state index contributed by atoms with van der Waals surface area (Å²) in [5.41, 5.74) is 3.68. The number of benzene rings is 4. The van der Waals surface area contributed by atoms with E-state index in [1.54, 1.807) is 48.5 Å². The summed E-state index contributed by atoms with van der Waals surface area (Å²) in [6.45, 7) is 4.88. The molecule has 1 aliphatic rings. The minimum Gasteiger partial charge on any atom is -0.490 e. The lowest BCUT2D eigenvalue weighted by molar-refractivity contribution is -0.122. The molecule has 0 bridgehead atoms. The van der Waals surface area contributed by atoms with Gasteiger partial charge in [-0.3, -0.25) is 14.9 Å². The van der Waals surface area contributed by atoms with Gasteiger partial charge >= 0.3 is 6.03 Å². The van der Waals surface area contributed by atoms with Gasteiger partial charge in [-0.1, -0.05) is 59.6 Å². The van der Waals surface area contributed by atoms with Crippen LogP contribution in [0.4, 0.5) is 10.5 Å². The molecule has 8 nitrogen and oxygen atoms in total. The number of anilines is 1. The van der Waals surface area contributed by atoms with Crippen molar-refractivity contribution in [3.63, 3.8) is 0 Å². The molecule has 0 unspecified atom stereocenters. The first-order chi connectivity index (χ1) is 20.8. The zero-order chi connectivity index (χ0) is 30.3. The Balaban J connectivity index is 1.32. The van der Waals surface area contributed by atoms with Crippen LogP contribution in [0.3, 0.4) is 0 Å². The summed E-state index contributed by atoms with van der Waals surface area (Å²) in [7, 11) is 0. The zero-order valence-corrected chi connectivity index (χ0v) is 24.4. The molecule has 0 aromatic heterocycles. The van der Waals surface area contributed by atoms with E-state index in [9.17, 15) is 14.4 Å². The molecule has 0 spiro atoms. The molecule has 1 N–H and O–H groups in total. The summed E-state index contributed by atoms with van der Waals surface area (Å²) < 4.78 is 17.5. The summed E-state index contributed by atoms with van der Waals surface area (Å²) in [5.74, 6) is -0.0337. The van der Waals surface area contributed by atoms with E-state index in [2.05, 4.69) is 5.32 Å². The van der Waals surface area contributed by atoms with Crippen LogP contribution in [0.1, 0.15) is 29.2 Å². The highest BCUT2D eigenvalue weighted by Crippen LogP contribution is 2.31. The average Bonchev–Trinajstić information content (AvgIpc) is 2.99. The Morgan fingerprint density at radius 3 is 2.26 bits per heavy atom. The number of ether oxygens (including phenoxy) is 3. The molecule has 1 heterocycles. The van der Waals surface area contributed by atoms with Crippen LogP contribution < -0.4 is 24.4 Å². The van der Waals surface area contributed by atoms with Crippen molar-refractivity contribution in [2.45, 2.75) is 27.1 Å². The number of nitrogens with one attached hydrogen (secondary N) is 1. The van der Waals surface area contributed by atoms with Gasteiger partial charge in [-0.2, -0.15) is 0 Å². The van der Waals surface area contributed by atoms with Crippen molar-refractivity contribution in [2.24, 2.45) is 0 Å². The van der Waals surface area contributed by atoms with Crippen molar-refractivity contribution < 1.29 is 28.6 Å². The van der Waals surface area contributed by atoms with E-state index in [1.165, 1.54) is 6.08 Å². The van der Waals surface area contributed by atoms with Gasteiger partial charge in [0.1, 0.15) is 24.5 Å². The largest absolute Gasteiger partial charge is 0.490 e. The monoisotopic (exact) mass is 596 g/mol. The van der Waals surface area contributed by atoms with Gasteiger partial charge in [-0.15, -0.1) is 0 Å². The molecule has 0 aliphatic carbocycles. The fraction of sp³-hybridized carbons (Fsp3) is 0.147. The topological polar surface area (TPSA) is 94.2 Å². The predicted molar refractivity (Wildman–Crippen MR) is 164 cm³/mol. The van der Waals surface area contributed by atoms with E-state index >= 15 is 0 Å². The van der Waals surface area contributed by atoms with E-state index in [0.717, 1.165) is 21.6 Å². The smallest absolute Gasteiger partial charge is 0.335 e. The number of aryl methyl sites for hydroxylation is 1. The lowest BCUT2D eigenvalue weighted by Gasteiger charge is -2.26. The second-order valence-electron chi connectivity index (χ2n) is 9.78. The van der Waals surface area contributed by atoms with Crippen LogP contribution in [-0.2, 0) is 22.8 Å². The first kappa shape index (κ1) is 29.4. The number of hydrogen-bond acceptors (Lipinski definition) is 6. The lowest BCUT2D eigenvalue weighted by Crippen LogP contribution is -2.54. The lowest BCUT2D eigenvalue weighted by atomic mass is 10.1. The van der Waals surface area contributed by atoms with Crippen LogP contribution in [0.25, 0.3) is 6.08 Å². The van der Waals surface area contributed by atoms with Gasteiger partial charge in [0.05, 0.1) is 12.3 Å². The SMILES string of the molecule is CCOc1cc(/C=C2\C(=O)NC(=O)N(c3ccc(OCc4ccc(C)cc4)cc3)C2=O)ccc1OCc1cccc(Cl)c1. The highest BCUT2D eigenvalue weighted by molar-refractivity contribution is 6.39. The second-order valence-corrected chi connectivity index (χ2v) is 10.2. The Labute approximate surface area is 254 Å². The third kappa shape index (κ3) is 7.23. The first-order valence-electron chi connectivity index (χ1n) is 13.6. The number of amides is 4. The molecule has 4 aromatic rings. The van der Waals surface area contributed by atoms with Gasteiger partial charge in [0, 0.05) is 5.02 Å². The maximum absolute atomic E-state index is 13.4. The summed E-state index contributed by atoms with van der Waals surface area (Å²) in [6.07, 6.45) is 1.42. The third-order valence-corrected chi connectivity index (χ3v) is 6.82. The molecule has 0 atom stereocenters. The van der Waals surface area contributed by atoms with Gasteiger partial charge in [0.15, 0.2) is 11.5 Å². The molecule has 1 saturated heterocycles. The second kappa shape index (κ2) is 13.3. The highest BCUT2D eigenvalue weighted by atomic mass is 35.5. The number of urea groups is 1. The number of nitrogens with zero attached hydrogens (tertiary/aromatic N) is 1. The molecule has 0 radical (unpaired) electrons. The van der Waals surface area contributed by atoms with Gasteiger partial charge in [-0.05, 0) is 85.1 Å². The number of rotatable bonds is 10. The molecule has 0 saturated carbocycles. The van der Waals surface area contributed by atoms with Crippen molar-refractivity contribution >= 4 is 41.2 Å². The summed E-state index contributed by atoms with van der Waals surface area (Å²) in [4.78, 5) is 39.8. The Morgan fingerprint density at radius 1 is 0.791 bits per heavy atom. The molecule has 1 aliphatic heterocycles. The van der Waals surface area contributed by atoms with Crippen molar-refractivity contribution in [3.8, 4) is 17.2 Å². The molecule has 1 fully saturated rings. The molecular weight excluding hydrogens is 568 g/mol. The number of hydrogen-bond donors (Lipinski definition) is 1. The van der Waals surface area contributed by atoms with Crippen LogP contribution in [0.15, 0.2) is 96.6 Å². The molecule has 218 valence electrons. The number of carbonyl (C=O) groups excluding carboxylic acids is 3. The molecule has 5 rings (SSSR count). The van der Waals surface area contributed by atoms with Gasteiger partial charge < -0.3 is 14.2 Å². The van der Waals surface area contributed by atoms with Crippen LogP contribution >= 0.6 is 11.6 Å². The Bertz CT molecular complexity index is 1680. The number of halogens is 1. The fourth-order valence-corrected chi connectivity index (χ4v) is 4.60. The van der Waals surface area contributed by atoms with E-state index in [-0.39, 0.29) is 12.2 Å². The standard InChI is InChI=1S/C34H29ClN2O6/c1-3-41-31-19-24(11-16-30(31)43-21-25-5-4-6-26(35)17-25)18-29-32(38)36-34(40)37(33(29)39)27-12-14-28(15-13-27)42-20-23-9-7-22(2)8-10-23/h4-19H,3,20-21H2,1-2H3,(H,36,38,40)/b29-18+. The predicted octanol–water partition coefficient (Wildman–Crippen LogP) is 6.87. The Morgan fingerprint density at radius 2 is 1.53 bits per heavy atom. The summed E-state index contributed by atoms with van der Waals surface area (Å²) in [5, 5.41) is 2.86. The molecule has 4 amide bonds. The molecular formula is C34H29ClN2O6. The van der Waals surface area contributed by atoms with Crippen molar-refractivity contribution in [1.29, 1.82) is 0 Å². The third-order valence-electron chi connectivity index (χ3n) is 6.58. The van der Waals surface area contributed by atoms with Crippen molar-refractivity contribution in [2.75, 3.05) is 11.5 Å². The highest BCUT2D eigenvalue weighted by Gasteiger charge is 2.36. The van der Waals surface area contributed by atoms with Crippen LogP contribution in [0.5, 0.6) is 17.2 Å². The average molecular weight is 597 g/mol. The quantitative estimate of drug-likeness (QED) is 0.159. The molecule has 4 aromatic carbocycles. The van der Waals surface area contributed by atoms with Crippen LogP contribution in [0.2, 0.25) is 5.02 Å². The normalized spacial score (nSPS) is 14.1. The molecule has 9 heteroatoms. The minimum atomic E-state index is -0.833. The van der Waals surface area contributed by atoms with Gasteiger partial charge in [0.25, 0.3) is 11.8 Å². The summed E-state index contributed by atoms with van der Waals surface area (Å²) in [6, 6.07) is 26.1. The number of imide groups is 2.